The zero-order valence-electron chi connectivity index (χ0n) is 10.7. The van der Waals surface area contributed by atoms with Crippen LogP contribution in [-0.2, 0) is 0 Å². The van der Waals surface area contributed by atoms with Gasteiger partial charge in [0.15, 0.2) is 0 Å². The first-order valence-electron chi connectivity index (χ1n) is 6.10. The van der Waals surface area contributed by atoms with Crippen LogP contribution in [0.15, 0.2) is 53.2 Å². The monoisotopic (exact) mass is 273 g/mol. The zero-order valence-corrected chi connectivity index (χ0v) is 11.5. The number of allylic oxidation sites excluding steroid dienone is 4. The predicted molar refractivity (Wildman–Crippen MR) is 80.9 cm³/mol. The van der Waals surface area contributed by atoms with Crippen LogP contribution in [0.1, 0.15) is 18.9 Å². The molecule has 2 rings (SSSR count). The fraction of sp³-hybridized carbons (Fsp3) is 0.200. The summed E-state index contributed by atoms with van der Waals surface area (Å²) in [5.74, 6) is 0.458. The molecule has 98 valence electrons. The van der Waals surface area contributed by atoms with E-state index in [1.165, 1.54) is 0 Å². The maximum atomic E-state index is 8.34. The van der Waals surface area contributed by atoms with Crippen LogP contribution in [0.3, 0.4) is 0 Å². The molecule has 0 fully saturated rings. The maximum Gasteiger partial charge on any atom is 0.0961 e. The van der Waals surface area contributed by atoms with E-state index in [1.54, 1.807) is 19.1 Å². The van der Waals surface area contributed by atoms with Crippen LogP contribution in [0, 0.1) is 11.3 Å². The molecule has 1 aromatic rings. The maximum absolute atomic E-state index is 8.34. The summed E-state index contributed by atoms with van der Waals surface area (Å²) in [4.78, 5) is 4.32. The van der Waals surface area contributed by atoms with Crippen molar-refractivity contribution in [3.05, 3.63) is 58.8 Å². The summed E-state index contributed by atoms with van der Waals surface area (Å²) in [6.07, 6.45) is 6.67. The van der Waals surface area contributed by atoms with Crippen molar-refractivity contribution in [3.8, 4) is 0 Å². The van der Waals surface area contributed by atoms with E-state index in [2.05, 4.69) is 4.99 Å². The Balaban J connectivity index is 2.27. The lowest BCUT2D eigenvalue weighted by atomic mass is 9.88. The third-order valence-electron chi connectivity index (χ3n) is 2.94. The zero-order chi connectivity index (χ0) is 13.8. The highest BCUT2D eigenvalue weighted by atomic mass is 35.5. The quantitative estimate of drug-likeness (QED) is 0.642. The van der Waals surface area contributed by atoms with E-state index in [9.17, 15) is 0 Å². The fourth-order valence-electron chi connectivity index (χ4n) is 2.03. The Hall–Kier alpha value is -1.87. The van der Waals surface area contributed by atoms with Crippen molar-refractivity contribution < 1.29 is 0 Å². The standard InChI is InChI=1S/C15H16ClN3/c1-10(17)19-14-5-3-2-4-13(14)15(18)11-6-8-12(16)9-7-11/h2-3,5-9,13,18H,4H2,1H3,(H2,17,19). The number of hydrogen-bond donors (Lipinski definition) is 2. The van der Waals surface area contributed by atoms with Gasteiger partial charge in [0.1, 0.15) is 0 Å². The second-order valence-corrected chi connectivity index (χ2v) is 4.92. The van der Waals surface area contributed by atoms with E-state index < -0.39 is 0 Å². The second-order valence-electron chi connectivity index (χ2n) is 4.48. The number of rotatable bonds is 3. The average Bonchev–Trinajstić information content (AvgIpc) is 2.39. The lowest BCUT2D eigenvalue weighted by molar-refractivity contribution is 0.791. The third kappa shape index (κ3) is 3.32. The van der Waals surface area contributed by atoms with Crippen LogP contribution >= 0.6 is 11.6 Å². The molecule has 0 amide bonds. The van der Waals surface area contributed by atoms with Gasteiger partial charge in [-0.3, -0.25) is 0 Å². The summed E-state index contributed by atoms with van der Waals surface area (Å²) < 4.78 is 0. The summed E-state index contributed by atoms with van der Waals surface area (Å²) in [5, 5.41) is 9.01. The Bertz CT molecular complexity index is 564. The van der Waals surface area contributed by atoms with Gasteiger partial charge in [0.05, 0.1) is 11.5 Å². The molecule has 0 heterocycles. The Morgan fingerprint density at radius 3 is 2.68 bits per heavy atom. The number of benzene rings is 1. The van der Waals surface area contributed by atoms with Crippen molar-refractivity contribution in [1.29, 1.82) is 5.41 Å². The van der Waals surface area contributed by atoms with E-state index in [-0.39, 0.29) is 5.92 Å². The van der Waals surface area contributed by atoms with Gasteiger partial charge in [0, 0.05) is 16.7 Å². The third-order valence-corrected chi connectivity index (χ3v) is 3.19. The normalized spacial score (nSPS) is 19.2. The minimum atomic E-state index is -0.0512. The van der Waals surface area contributed by atoms with Crippen molar-refractivity contribution >= 4 is 23.1 Å². The molecule has 3 nitrogen and oxygen atoms in total. The van der Waals surface area contributed by atoms with Crippen molar-refractivity contribution in [2.75, 3.05) is 0 Å². The topological polar surface area (TPSA) is 62.2 Å². The Labute approximate surface area is 118 Å². The molecular formula is C15H16ClN3. The van der Waals surface area contributed by atoms with Crippen molar-refractivity contribution in [2.24, 2.45) is 16.6 Å². The summed E-state index contributed by atoms with van der Waals surface area (Å²) in [6.45, 7) is 1.75. The van der Waals surface area contributed by atoms with Gasteiger partial charge < -0.3 is 11.1 Å². The number of aliphatic imine (C=N–C) groups is 1. The minimum Gasteiger partial charge on any atom is -0.387 e. The summed E-state index contributed by atoms with van der Waals surface area (Å²) in [6, 6.07) is 7.31. The van der Waals surface area contributed by atoms with Gasteiger partial charge in [-0.2, -0.15) is 0 Å². The molecule has 1 aromatic carbocycles. The lowest BCUT2D eigenvalue weighted by Crippen LogP contribution is -2.19. The average molecular weight is 274 g/mol. The molecule has 1 atom stereocenters. The molecule has 0 saturated carbocycles. The number of hydrogen-bond acceptors (Lipinski definition) is 2. The Kier molecular flexibility index (Phi) is 4.17. The molecule has 0 aliphatic heterocycles. The molecule has 0 aromatic heterocycles. The summed E-state index contributed by atoms with van der Waals surface area (Å²) in [7, 11) is 0. The van der Waals surface area contributed by atoms with Crippen LogP contribution in [0.2, 0.25) is 5.02 Å². The molecule has 1 aliphatic carbocycles. The molecule has 0 saturated heterocycles. The smallest absolute Gasteiger partial charge is 0.0961 e. The number of nitrogens with zero attached hydrogens (tertiary/aromatic N) is 1. The van der Waals surface area contributed by atoms with Crippen molar-refractivity contribution in [1.82, 2.24) is 0 Å². The van der Waals surface area contributed by atoms with Gasteiger partial charge in [0.25, 0.3) is 0 Å². The fourth-order valence-corrected chi connectivity index (χ4v) is 2.16. The SMILES string of the molecule is CC(N)=NC1=CC=CCC1C(=N)c1ccc(Cl)cc1. The first-order valence-corrected chi connectivity index (χ1v) is 6.47. The largest absolute Gasteiger partial charge is 0.387 e. The second kappa shape index (κ2) is 5.85. The molecule has 3 N–H and O–H groups in total. The van der Waals surface area contributed by atoms with Crippen LogP contribution in [-0.4, -0.2) is 11.5 Å². The first-order chi connectivity index (χ1) is 9.08. The molecule has 19 heavy (non-hydrogen) atoms. The number of amidine groups is 1. The van der Waals surface area contributed by atoms with Crippen molar-refractivity contribution in [2.45, 2.75) is 13.3 Å². The van der Waals surface area contributed by atoms with Gasteiger partial charge in [0.2, 0.25) is 0 Å². The molecule has 0 spiro atoms. The highest BCUT2D eigenvalue weighted by Gasteiger charge is 2.21. The van der Waals surface area contributed by atoms with Crippen LogP contribution in [0.25, 0.3) is 0 Å². The van der Waals surface area contributed by atoms with Gasteiger partial charge in [-0.05, 0) is 37.1 Å². The van der Waals surface area contributed by atoms with Crippen LogP contribution in [0.4, 0.5) is 0 Å². The van der Waals surface area contributed by atoms with E-state index in [1.807, 2.05) is 30.4 Å². The summed E-state index contributed by atoms with van der Waals surface area (Å²) in [5.41, 5.74) is 7.88. The highest BCUT2D eigenvalue weighted by Crippen LogP contribution is 2.26. The molecule has 4 heteroatoms. The minimum absolute atomic E-state index is 0.0512. The summed E-state index contributed by atoms with van der Waals surface area (Å²) >= 11 is 5.87. The van der Waals surface area contributed by atoms with Gasteiger partial charge in [-0.1, -0.05) is 35.9 Å². The van der Waals surface area contributed by atoms with Gasteiger partial charge in [-0.25, -0.2) is 4.99 Å². The lowest BCUT2D eigenvalue weighted by Gasteiger charge is -2.20. The first kappa shape index (κ1) is 13.6. The number of nitrogens with two attached hydrogens (primary N) is 1. The Morgan fingerprint density at radius 2 is 2.05 bits per heavy atom. The van der Waals surface area contributed by atoms with E-state index >= 15 is 0 Å². The van der Waals surface area contributed by atoms with E-state index in [0.717, 1.165) is 17.7 Å². The van der Waals surface area contributed by atoms with Gasteiger partial charge in [-0.15, -0.1) is 0 Å². The number of halogens is 1. The van der Waals surface area contributed by atoms with Crippen molar-refractivity contribution in [3.63, 3.8) is 0 Å². The molecular weight excluding hydrogens is 258 g/mol. The van der Waals surface area contributed by atoms with Gasteiger partial charge >= 0.3 is 0 Å². The van der Waals surface area contributed by atoms with Crippen LogP contribution in [0.5, 0.6) is 0 Å². The Morgan fingerprint density at radius 1 is 1.37 bits per heavy atom. The molecule has 1 unspecified atom stereocenters. The van der Waals surface area contributed by atoms with E-state index in [4.69, 9.17) is 22.7 Å². The van der Waals surface area contributed by atoms with E-state index in [0.29, 0.717) is 16.6 Å². The van der Waals surface area contributed by atoms with Crippen LogP contribution < -0.4 is 5.73 Å². The molecule has 0 bridgehead atoms. The molecule has 1 aliphatic rings. The number of nitrogens with one attached hydrogen (secondary N) is 1. The highest BCUT2D eigenvalue weighted by molar-refractivity contribution is 6.30. The predicted octanol–water partition coefficient (Wildman–Crippen LogP) is 3.54. The molecule has 0 radical (unpaired) electrons.